The molecule has 0 radical (unpaired) electrons. The van der Waals surface area contributed by atoms with Gasteiger partial charge in [0.25, 0.3) is 0 Å². The van der Waals surface area contributed by atoms with Gasteiger partial charge in [-0.25, -0.2) is 0 Å². The van der Waals surface area contributed by atoms with E-state index in [1.54, 1.807) is 37.3 Å². The lowest BCUT2D eigenvalue weighted by atomic mass is 9.91. The molecule has 148 valence electrons. The van der Waals surface area contributed by atoms with Crippen LogP contribution in [0.5, 0.6) is 0 Å². The average molecular weight is 380 g/mol. The van der Waals surface area contributed by atoms with Gasteiger partial charge in [-0.3, -0.25) is 14.4 Å². The molecule has 0 aliphatic carbocycles. The number of cyclic esters (lactones) is 1. The lowest BCUT2D eigenvalue weighted by Crippen LogP contribution is -2.54. The van der Waals surface area contributed by atoms with Gasteiger partial charge in [-0.2, -0.15) is 0 Å². The van der Waals surface area contributed by atoms with Gasteiger partial charge in [-0.1, -0.05) is 30.3 Å². The van der Waals surface area contributed by atoms with Crippen LogP contribution in [0, 0.1) is 0 Å². The van der Waals surface area contributed by atoms with Crippen LogP contribution in [-0.4, -0.2) is 54.0 Å². The van der Waals surface area contributed by atoms with Gasteiger partial charge in [0.15, 0.2) is 18.3 Å². The molecule has 1 aromatic carbocycles. The summed E-state index contributed by atoms with van der Waals surface area (Å²) in [7, 11) is 0. The molecule has 1 fully saturated rings. The van der Waals surface area contributed by atoms with Crippen molar-refractivity contribution in [2.75, 3.05) is 6.61 Å². The number of hydrogen-bond donors (Lipinski definition) is 1. The first-order valence-electron chi connectivity index (χ1n) is 8.72. The van der Waals surface area contributed by atoms with Crippen LogP contribution in [0.3, 0.4) is 0 Å². The molecule has 0 unspecified atom stereocenters. The van der Waals surface area contributed by atoms with E-state index in [1.807, 2.05) is 0 Å². The van der Waals surface area contributed by atoms with Gasteiger partial charge in [0.1, 0.15) is 6.10 Å². The summed E-state index contributed by atoms with van der Waals surface area (Å²) in [5, 5.41) is 10.4. The average Bonchev–Trinajstić information content (AvgIpc) is 2.60. The van der Waals surface area contributed by atoms with E-state index >= 15 is 0 Å². The number of aliphatic hydroxyl groups excluding tert-OH is 1. The first-order chi connectivity index (χ1) is 12.8. The normalized spacial score (nSPS) is 28.4. The van der Waals surface area contributed by atoms with Crippen molar-refractivity contribution < 1.29 is 38.4 Å². The van der Waals surface area contributed by atoms with Crippen molar-refractivity contribution >= 4 is 17.9 Å². The molecule has 8 nitrogen and oxygen atoms in total. The Hall–Kier alpha value is -2.45. The van der Waals surface area contributed by atoms with Gasteiger partial charge in [-0.05, 0) is 12.5 Å². The second-order valence-electron chi connectivity index (χ2n) is 6.16. The number of rotatable bonds is 5. The Bertz CT molecular complexity index is 659. The lowest BCUT2D eigenvalue weighted by Gasteiger charge is -2.39. The van der Waals surface area contributed by atoms with Crippen molar-refractivity contribution in [1.82, 2.24) is 0 Å². The van der Waals surface area contributed by atoms with Crippen LogP contribution in [0.1, 0.15) is 38.9 Å². The fourth-order valence-corrected chi connectivity index (χ4v) is 3.07. The zero-order valence-electron chi connectivity index (χ0n) is 15.5. The number of benzene rings is 1. The van der Waals surface area contributed by atoms with Crippen molar-refractivity contribution in [2.24, 2.45) is 0 Å². The van der Waals surface area contributed by atoms with Gasteiger partial charge in [0.2, 0.25) is 0 Å². The van der Waals surface area contributed by atoms with E-state index in [1.165, 1.54) is 13.8 Å². The Morgan fingerprint density at radius 3 is 2.22 bits per heavy atom. The molecule has 1 aliphatic rings. The fraction of sp³-hybridized carbons (Fsp3) is 0.526. The quantitative estimate of drug-likeness (QED) is 0.602. The van der Waals surface area contributed by atoms with Crippen LogP contribution < -0.4 is 0 Å². The molecule has 0 bridgehead atoms. The van der Waals surface area contributed by atoms with Crippen molar-refractivity contribution in [2.45, 2.75) is 57.7 Å². The molecule has 1 aliphatic heterocycles. The maximum absolute atomic E-state index is 12.3. The molecule has 0 aromatic heterocycles. The number of ether oxygens (including phenoxy) is 4. The van der Waals surface area contributed by atoms with Gasteiger partial charge in [0, 0.05) is 20.5 Å². The SMILES string of the molecule is CCO[C@H]1[C@@H](OC(C)=O)[C@H](OC(C)=O)[C@@H](c2ccccc2)OC(=O)C[C@H]1O. The van der Waals surface area contributed by atoms with Crippen LogP contribution in [0.4, 0.5) is 0 Å². The third-order valence-corrected chi connectivity index (χ3v) is 4.05. The summed E-state index contributed by atoms with van der Waals surface area (Å²) in [6.45, 7) is 4.28. The standard InChI is InChI=1S/C19H24O8/c1-4-24-17-14(22)10-15(23)27-16(13-8-6-5-7-9-13)18(25-11(2)20)19(17)26-12(3)21/h5-9,14,16-19,22H,4,10H2,1-3H3/t14-,16-,17-,18-,19-/m1/s1. The van der Waals surface area contributed by atoms with Crippen molar-refractivity contribution in [1.29, 1.82) is 0 Å². The van der Waals surface area contributed by atoms with Gasteiger partial charge >= 0.3 is 17.9 Å². The van der Waals surface area contributed by atoms with E-state index in [-0.39, 0.29) is 13.0 Å². The molecule has 27 heavy (non-hydrogen) atoms. The maximum atomic E-state index is 12.3. The molecular formula is C19H24O8. The number of esters is 3. The highest BCUT2D eigenvalue weighted by atomic mass is 16.6. The largest absolute Gasteiger partial charge is 0.456 e. The first-order valence-corrected chi connectivity index (χ1v) is 8.72. The molecular weight excluding hydrogens is 356 g/mol. The highest BCUT2D eigenvalue weighted by Crippen LogP contribution is 2.33. The zero-order valence-corrected chi connectivity index (χ0v) is 15.5. The minimum Gasteiger partial charge on any atom is -0.456 e. The third kappa shape index (κ3) is 5.51. The van der Waals surface area contributed by atoms with Crippen molar-refractivity contribution in [3.63, 3.8) is 0 Å². The molecule has 1 N–H and O–H groups in total. The third-order valence-electron chi connectivity index (χ3n) is 4.05. The number of carbonyl (C=O) groups is 3. The van der Waals surface area contributed by atoms with Crippen LogP contribution >= 0.6 is 0 Å². The van der Waals surface area contributed by atoms with Crippen LogP contribution in [-0.2, 0) is 33.3 Å². The van der Waals surface area contributed by atoms with E-state index in [9.17, 15) is 19.5 Å². The van der Waals surface area contributed by atoms with Gasteiger partial charge in [-0.15, -0.1) is 0 Å². The molecule has 8 heteroatoms. The first kappa shape index (κ1) is 20.9. The maximum Gasteiger partial charge on any atom is 0.309 e. The number of carbonyl (C=O) groups excluding carboxylic acids is 3. The van der Waals surface area contributed by atoms with E-state index in [2.05, 4.69) is 0 Å². The van der Waals surface area contributed by atoms with E-state index < -0.39 is 48.4 Å². The second kappa shape index (κ2) is 9.48. The molecule has 2 rings (SSSR count). The molecule has 5 atom stereocenters. The van der Waals surface area contributed by atoms with Gasteiger partial charge < -0.3 is 24.1 Å². The Morgan fingerprint density at radius 2 is 1.67 bits per heavy atom. The second-order valence-corrected chi connectivity index (χ2v) is 6.16. The van der Waals surface area contributed by atoms with Crippen LogP contribution in [0.2, 0.25) is 0 Å². The zero-order chi connectivity index (χ0) is 20.0. The minimum atomic E-state index is -1.29. The predicted molar refractivity (Wildman–Crippen MR) is 92.4 cm³/mol. The number of hydrogen-bond acceptors (Lipinski definition) is 8. The Balaban J connectivity index is 2.54. The molecule has 0 saturated carbocycles. The summed E-state index contributed by atoms with van der Waals surface area (Å²) in [5.74, 6) is -1.98. The van der Waals surface area contributed by atoms with E-state index in [0.29, 0.717) is 5.56 Å². The molecule has 1 aromatic rings. The predicted octanol–water partition coefficient (Wildman–Crippen LogP) is 1.30. The Morgan fingerprint density at radius 1 is 1.07 bits per heavy atom. The van der Waals surface area contributed by atoms with Crippen molar-refractivity contribution in [3.8, 4) is 0 Å². The summed E-state index contributed by atoms with van der Waals surface area (Å²) in [5.41, 5.74) is 0.556. The lowest BCUT2D eigenvalue weighted by molar-refractivity contribution is -0.215. The topological polar surface area (TPSA) is 108 Å². The minimum absolute atomic E-state index is 0.192. The molecule has 1 heterocycles. The smallest absolute Gasteiger partial charge is 0.309 e. The molecule has 1 saturated heterocycles. The van der Waals surface area contributed by atoms with E-state index in [4.69, 9.17) is 18.9 Å². The summed E-state index contributed by atoms with van der Waals surface area (Å²) in [6.07, 6.45) is -6.09. The van der Waals surface area contributed by atoms with Crippen LogP contribution in [0.25, 0.3) is 0 Å². The number of aliphatic hydroxyl groups is 1. The molecule has 0 amide bonds. The fourth-order valence-electron chi connectivity index (χ4n) is 3.07. The Labute approximate surface area is 157 Å². The monoisotopic (exact) mass is 380 g/mol. The summed E-state index contributed by atoms with van der Waals surface area (Å²) < 4.78 is 21.8. The van der Waals surface area contributed by atoms with Crippen molar-refractivity contribution in [3.05, 3.63) is 35.9 Å². The van der Waals surface area contributed by atoms with E-state index in [0.717, 1.165) is 0 Å². The van der Waals surface area contributed by atoms with Crippen LogP contribution in [0.15, 0.2) is 30.3 Å². The summed E-state index contributed by atoms with van der Waals surface area (Å²) in [6, 6.07) is 8.66. The highest BCUT2D eigenvalue weighted by molar-refractivity contribution is 5.71. The van der Waals surface area contributed by atoms with Gasteiger partial charge in [0.05, 0.1) is 12.5 Å². The molecule has 0 spiro atoms. The Kier molecular flexibility index (Phi) is 7.32. The summed E-state index contributed by atoms with van der Waals surface area (Å²) >= 11 is 0. The summed E-state index contributed by atoms with van der Waals surface area (Å²) in [4.78, 5) is 35.7. The highest BCUT2D eigenvalue weighted by Gasteiger charge is 2.48.